The second-order valence-electron chi connectivity index (χ2n) is 2.65. The quantitative estimate of drug-likeness (QED) is 0.640. The van der Waals surface area contributed by atoms with Gasteiger partial charge in [0.2, 0.25) is 0 Å². The van der Waals surface area contributed by atoms with Crippen molar-refractivity contribution in [2.24, 2.45) is 0 Å². The summed E-state index contributed by atoms with van der Waals surface area (Å²) in [5.41, 5.74) is 0.566. The Morgan fingerprint density at radius 3 is 2.46 bits per heavy atom. The molecule has 0 saturated carbocycles. The van der Waals surface area contributed by atoms with Gasteiger partial charge in [-0.3, -0.25) is 0 Å². The number of phenols is 2. The Kier molecular flexibility index (Phi) is 2.41. The van der Waals surface area contributed by atoms with E-state index in [1.807, 2.05) is 0 Å². The lowest BCUT2D eigenvalue weighted by molar-refractivity contribution is 0.0597. The summed E-state index contributed by atoms with van der Waals surface area (Å²) >= 11 is 0. The Labute approximate surface area is 75.4 Å². The molecule has 0 unspecified atom stereocenters. The molecule has 70 valence electrons. The fourth-order valence-electron chi connectivity index (χ4n) is 0.959. The van der Waals surface area contributed by atoms with Gasteiger partial charge < -0.3 is 14.9 Å². The molecule has 1 aromatic carbocycles. The highest BCUT2D eigenvalue weighted by Gasteiger charge is 2.13. The molecule has 4 nitrogen and oxygen atoms in total. The summed E-state index contributed by atoms with van der Waals surface area (Å²) < 4.78 is 4.43. The molecule has 1 rings (SSSR count). The Bertz CT molecular complexity index is 344. The van der Waals surface area contributed by atoms with Gasteiger partial charge in [0.1, 0.15) is 17.1 Å². The standard InChI is InChI=1S/C9H10O4/c1-5-3-6(9(12)13-2)8(11)4-7(5)10/h3-4,10-11H,1-2H3. The predicted octanol–water partition coefficient (Wildman–Crippen LogP) is 1.19. The third-order valence-corrected chi connectivity index (χ3v) is 1.72. The van der Waals surface area contributed by atoms with Crippen LogP contribution in [0.5, 0.6) is 11.5 Å². The fraction of sp³-hybridized carbons (Fsp3) is 0.222. The van der Waals surface area contributed by atoms with Crippen LogP contribution in [0.2, 0.25) is 0 Å². The first kappa shape index (κ1) is 9.38. The number of aryl methyl sites for hydroxylation is 1. The van der Waals surface area contributed by atoms with Gasteiger partial charge in [0.15, 0.2) is 0 Å². The van der Waals surface area contributed by atoms with E-state index in [0.717, 1.165) is 6.07 Å². The number of carbonyl (C=O) groups is 1. The van der Waals surface area contributed by atoms with Crippen LogP contribution in [-0.4, -0.2) is 23.3 Å². The minimum atomic E-state index is -0.624. The molecular formula is C9H10O4. The van der Waals surface area contributed by atoms with Crippen molar-refractivity contribution in [3.63, 3.8) is 0 Å². The molecule has 0 aliphatic carbocycles. The number of rotatable bonds is 1. The van der Waals surface area contributed by atoms with Crippen LogP contribution in [0.3, 0.4) is 0 Å². The number of aromatic hydroxyl groups is 2. The van der Waals surface area contributed by atoms with E-state index in [1.165, 1.54) is 13.2 Å². The molecule has 2 N–H and O–H groups in total. The van der Waals surface area contributed by atoms with Crippen molar-refractivity contribution in [3.05, 3.63) is 23.3 Å². The molecule has 0 radical (unpaired) electrons. The first-order chi connectivity index (χ1) is 6.06. The van der Waals surface area contributed by atoms with E-state index < -0.39 is 5.97 Å². The number of hydrogen-bond acceptors (Lipinski definition) is 4. The molecule has 0 aliphatic heterocycles. The van der Waals surface area contributed by atoms with Gasteiger partial charge in [0.05, 0.1) is 7.11 Å². The zero-order chi connectivity index (χ0) is 10.0. The van der Waals surface area contributed by atoms with Crippen molar-refractivity contribution in [2.75, 3.05) is 7.11 Å². The van der Waals surface area contributed by atoms with Gasteiger partial charge in [-0.15, -0.1) is 0 Å². The zero-order valence-electron chi connectivity index (χ0n) is 7.37. The van der Waals surface area contributed by atoms with E-state index in [0.29, 0.717) is 5.56 Å². The molecule has 0 saturated heterocycles. The first-order valence-corrected chi connectivity index (χ1v) is 3.67. The molecule has 0 bridgehead atoms. The maximum Gasteiger partial charge on any atom is 0.341 e. The summed E-state index contributed by atoms with van der Waals surface area (Å²) in [6, 6.07) is 2.48. The molecule has 0 aromatic heterocycles. The van der Waals surface area contributed by atoms with Crippen molar-refractivity contribution >= 4 is 5.97 Å². The monoisotopic (exact) mass is 182 g/mol. The van der Waals surface area contributed by atoms with Gasteiger partial charge in [-0.05, 0) is 18.6 Å². The van der Waals surface area contributed by atoms with Gasteiger partial charge in [0, 0.05) is 6.07 Å². The SMILES string of the molecule is COC(=O)c1cc(C)c(O)cc1O. The second kappa shape index (κ2) is 3.35. The van der Waals surface area contributed by atoms with E-state index in [4.69, 9.17) is 5.11 Å². The summed E-state index contributed by atoms with van der Waals surface area (Å²) in [6.45, 7) is 1.63. The van der Waals surface area contributed by atoms with E-state index in [9.17, 15) is 9.90 Å². The summed E-state index contributed by atoms with van der Waals surface area (Å²) in [4.78, 5) is 11.0. The Balaban J connectivity index is 3.23. The number of hydrogen-bond donors (Lipinski definition) is 2. The largest absolute Gasteiger partial charge is 0.508 e. The fourth-order valence-corrected chi connectivity index (χ4v) is 0.959. The summed E-state index contributed by atoms with van der Waals surface area (Å²) in [7, 11) is 1.23. The number of benzene rings is 1. The molecule has 0 atom stereocenters. The highest BCUT2D eigenvalue weighted by molar-refractivity contribution is 5.92. The van der Waals surface area contributed by atoms with Crippen molar-refractivity contribution in [3.8, 4) is 11.5 Å². The summed E-state index contributed by atoms with van der Waals surface area (Å²) in [5.74, 6) is -0.958. The van der Waals surface area contributed by atoms with E-state index in [1.54, 1.807) is 6.92 Å². The second-order valence-corrected chi connectivity index (χ2v) is 2.65. The topological polar surface area (TPSA) is 66.8 Å². The molecule has 0 fully saturated rings. The van der Waals surface area contributed by atoms with Gasteiger partial charge in [-0.2, -0.15) is 0 Å². The van der Waals surface area contributed by atoms with E-state index in [2.05, 4.69) is 4.74 Å². The van der Waals surface area contributed by atoms with Crippen LogP contribution in [-0.2, 0) is 4.74 Å². The van der Waals surface area contributed by atoms with Crippen LogP contribution >= 0.6 is 0 Å². The highest BCUT2D eigenvalue weighted by atomic mass is 16.5. The smallest absolute Gasteiger partial charge is 0.341 e. The van der Waals surface area contributed by atoms with Gasteiger partial charge in [-0.25, -0.2) is 4.79 Å². The maximum absolute atomic E-state index is 11.0. The number of esters is 1. The Morgan fingerprint density at radius 1 is 1.31 bits per heavy atom. The van der Waals surface area contributed by atoms with E-state index in [-0.39, 0.29) is 17.1 Å². The summed E-state index contributed by atoms with van der Waals surface area (Å²) in [6.07, 6.45) is 0. The molecule has 4 heteroatoms. The van der Waals surface area contributed by atoms with Crippen LogP contribution in [0.15, 0.2) is 12.1 Å². The van der Waals surface area contributed by atoms with Crippen LogP contribution in [0.4, 0.5) is 0 Å². The van der Waals surface area contributed by atoms with Crippen LogP contribution in [0, 0.1) is 6.92 Å². The lowest BCUT2D eigenvalue weighted by Gasteiger charge is -2.05. The molecule has 0 amide bonds. The number of ether oxygens (including phenoxy) is 1. The third-order valence-electron chi connectivity index (χ3n) is 1.72. The lowest BCUT2D eigenvalue weighted by Crippen LogP contribution is -2.01. The van der Waals surface area contributed by atoms with Crippen LogP contribution in [0.25, 0.3) is 0 Å². The molecule has 1 aromatic rings. The number of methoxy groups -OCH3 is 1. The molecule has 0 spiro atoms. The van der Waals surface area contributed by atoms with Crippen molar-refractivity contribution in [2.45, 2.75) is 6.92 Å². The molecule has 0 heterocycles. The Morgan fingerprint density at radius 2 is 1.92 bits per heavy atom. The molecular weight excluding hydrogens is 172 g/mol. The summed E-state index contributed by atoms with van der Waals surface area (Å²) in [5, 5.41) is 18.4. The normalized spacial score (nSPS) is 9.69. The van der Waals surface area contributed by atoms with Crippen LogP contribution in [0.1, 0.15) is 15.9 Å². The molecule has 13 heavy (non-hydrogen) atoms. The predicted molar refractivity (Wildman–Crippen MR) is 45.8 cm³/mol. The van der Waals surface area contributed by atoms with Crippen molar-refractivity contribution < 1.29 is 19.7 Å². The average Bonchev–Trinajstić information content (AvgIpc) is 2.10. The van der Waals surface area contributed by atoms with E-state index >= 15 is 0 Å². The number of carbonyl (C=O) groups excluding carboxylic acids is 1. The first-order valence-electron chi connectivity index (χ1n) is 3.67. The minimum Gasteiger partial charge on any atom is -0.508 e. The average molecular weight is 182 g/mol. The van der Waals surface area contributed by atoms with Gasteiger partial charge in [0.25, 0.3) is 0 Å². The van der Waals surface area contributed by atoms with Crippen LogP contribution < -0.4 is 0 Å². The molecule has 0 aliphatic rings. The minimum absolute atomic E-state index is 0.0508. The Hall–Kier alpha value is -1.71. The number of phenolic OH excluding ortho intramolecular Hbond substituents is 2. The lowest BCUT2D eigenvalue weighted by atomic mass is 10.1. The highest BCUT2D eigenvalue weighted by Crippen LogP contribution is 2.26. The van der Waals surface area contributed by atoms with Gasteiger partial charge >= 0.3 is 5.97 Å². The van der Waals surface area contributed by atoms with Crippen molar-refractivity contribution in [1.29, 1.82) is 0 Å². The van der Waals surface area contributed by atoms with Gasteiger partial charge in [-0.1, -0.05) is 0 Å². The zero-order valence-corrected chi connectivity index (χ0v) is 7.37. The van der Waals surface area contributed by atoms with Crippen molar-refractivity contribution in [1.82, 2.24) is 0 Å². The maximum atomic E-state index is 11.0. The third kappa shape index (κ3) is 1.72.